The summed E-state index contributed by atoms with van der Waals surface area (Å²) in [4.78, 5) is 6.74. The summed E-state index contributed by atoms with van der Waals surface area (Å²) in [7, 11) is 0. The van der Waals surface area contributed by atoms with Gasteiger partial charge in [0, 0.05) is 19.6 Å². The molecule has 2 fully saturated rings. The Hall–Kier alpha value is -1.00. The average molecular weight is 291 g/mol. The van der Waals surface area contributed by atoms with Gasteiger partial charge >= 0.3 is 0 Å². The van der Waals surface area contributed by atoms with Gasteiger partial charge in [-0.3, -0.25) is 4.98 Å². The fraction of sp³-hybridized carbons (Fsp3) is 0.706. The van der Waals surface area contributed by atoms with E-state index in [4.69, 9.17) is 5.73 Å². The van der Waals surface area contributed by atoms with Crippen LogP contribution in [0.5, 0.6) is 0 Å². The minimum absolute atomic E-state index is 0.119. The Kier molecular flexibility index (Phi) is 4.55. The summed E-state index contributed by atoms with van der Waals surface area (Å²) < 4.78 is 13.0. The van der Waals surface area contributed by atoms with Crippen molar-refractivity contribution in [2.45, 2.75) is 38.6 Å². The van der Waals surface area contributed by atoms with Gasteiger partial charge < -0.3 is 10.6 Å². The van der Waals surface area contributed by atoms with Gasteiger partial charge in [-0.15, -0.1) is 0 Å². The van der Waals surface area contributed by atoms with Gasteiger partial charge in [-0.2, -0.15) is 0 Å². The highest BCUT2D eigenvalue weighted by molar-refractivity contribution is 5.10. The predicted molar refractivity (Wildman–Crippen MR) is 82.2 cm³/mol. The first-order valence-corrected chi connectivity index (χ1v) is 8.21. The zero-order chi connectivity index (χ0) is 14.8. The van der Waals surface area contributed by atoms with Crippen molar-refractivity contribution in [1.82, 2.24) is 9.88 Å². The Morgan fingerprint density at radius 3 is 2.33 bits per heavy atom. The van der Waals surface area contributed by atoms with E-state index in [-0.39, 0.29) is 11.9 Å². The second-order valence-electron chi connectivity index (χ2n) is 7.01. The maximum absolute atomic E-state index is 13.0. The van der Waals surface area contributed by atoms with Crippen molar-refractivity contribution in [1.29, 1.82) is 0 Å². The quantitative estimate of drug-likeness (QED) is 0.800. The molecular formula is C17H26FN3. The average Bonchev–Trinajstić information content (AvgIpc) is 3.35. The molecule has 3 rings (SSSR count). The Bertz CT molecular complexity index is 440. The summed E-state index contributed by atoms with van der Waals surface area (Å²) in [5.74, 6) is 1.86. The molecule has 1 heterocycles. The molecule has 0 aliphatic heterocycles. The Balaban J connectivity index is 1.56. The molecule has 2 N–H and O–H groups in total. The molecule has 0 amide bonds. The molecule has 3 nitrogen and oxygen atoms in total. The number of hydrogen-bond donors (Lipinski definition) is 1. The molecule has 0 radical (unpaired) electrons. The highest BCUT2D eigenvalue weighted by atomic mass is 19.1. The lowest BCUT2D eigenvalue weighted by Crippen LogP contribution is -2.36. The highest BCUT2D eigenvalue weighted by Gasteiger charge is 2.30. The molecule has 0 saturated heterocycles. The van der Waals surface area contributed by atoms with E-state index in [1.807, 2.05) is 0 Å². The van der Waals surface area contributed by atoms with Crippen molar-refractivity contribution < 1.29 is 4.39 Å². The van der Waals surface area contributed by atoms with Crippen LogP contribution in [0, 0.1) is 23.6 Å². The lowest BCUT2D eigenvalue weighted by Gasteiger charge is -2.28. The van der Waals surface area contributed by atoms with Gasteiger partial charge in [0.2, 0.25) is 0 Å². The maximum atomic E-state index is 13.0. The third-order valence-electron chi connectivity index (χ3n) is 4.68. The van der Waals surface area contributed by atoms with Crippen molar-refractivity contribution in [3.63, 3.8) is 0 Å². The Labute approximate surface area is 126 Å². The predicted octanol–water partition coefficient (Wildman–Crippen LogP) is 2.98. The molecule has 1 aromatic rings. The van der Waals surface area contributed by atoms with E-state index < -0.39 is 0 Å². The van der Waals surface area contributed by atoms with E-state index in [0.29, 0.717) is 5.92 Å². The highest BCUT2D eigenvalue weighted by Crippen LogP contribution is 2.34. The van der Waals surface area contributed by atoms with E-state index in [0.717, 1.165) is 24.1 Å². The summed E-state index contributed by atoms with van der Waals surface area (Å²) >= 11 is 0. The molecule has 1 aromatic heterocycles. The second-order valence-corrected chi connectivity index (χ2v) is 7.01. The van der Waals surface area contributed by atoms with Crippen LogP contribution in [-0.2, 0) is 0 Å². The Morgan fingerprint density at radius 1 is 1.24 bits per heavy atom. The SMILES string of the molecule is CC(CN(CC1CC1)CC1CC1)C(N)c1ccc(F)cn1. The van der Waals surface area contributed by atoms with E-state index in [1.54, 1.807) is 6.07 Å². The van der Waals surface area contributed by atoms with E-state index >= 15 is 0 Å². The summed E-state index contributed by atoms with van der Waals surface area (Å²) in [5, 5.41) is 0. The van der Waals surface area contributed by atoms with Crippen LogP contribution < -0.4 is 5.73 Å². The molecular weight excluding hydrogens is 265 g/mol. The maximum Gasteiger partial charge on any atom is 0.141 e. The minimum Gasteiger partial charge on any atom is -0.322 e. The summed E-state index contributed by atoms with van der Waals surface area (Å²) in [5.41, 5.74) is 7.11. The lowest BCUT2D eigenvalue weighted by molar-refractivity contribution is 0.206. The molecule has 2 aliphatic carbocycles. The number of nitrogens with zero attached hydrogens (tertiary/aromatic N) is 2. The molecule has 2 atom stereocenters. The Morgan fingerprint density at radius 2 is 1.86 bits per heavy atom. The number of halogens is 1. The van der Waals surface area contributed by atoms with Gasteiger partial charge in [-0.05, 0) is 55.6 Å². The second kappa shape index (κ2) is 6.41. The van der Waals surface area contributed by atoms with Gasteiger partial charge in [0.1, 0.15) is 5.82 Å². The van der Waals surface area contributed by atoms with Crippen LogP contribution in [0.25, 0.3) is 0 Å². The topological polar surface area (TPSA) is 42.1 Å². The summed E-state index contributed by atoms with van der Waals surface area (Å²) in [6.45, 7) is 5.66. The van der Waals surface area contributed by atoms with Gasteiger partial charge in [0.15, 0.2) is 0 Å². The van der Waals surface area contributed by atoms with Crippen molar-refractivity contribution >= 4 is 0 Å². The number of nitrogens with two attached hydrogens (primary N) is 1. The lowest BCUT2D eigenvalue weighted by atomic mass is 9.98. The zero-order valence-electron chi connectivity index (χ0n) is 12.8. The van der Waals surface area contributed by atoms with E-state index in [9.17, 15) is 4.39 Å². The number of hydrogen-bond acceptors (Lipinski definition) is 3. The number of rotatable bonds is 8. The largest absolute Gasteiger partial charge is 0.322 e. The summed E-state index contributed by atoms with van der Waals surface area (Å²) in [6.07, 6.45) is 6.82. The van der Waals surface area contributed by atoms with Crippen LogP contribution >= 0.6 is 0 Å². The van der Waals surface area contributed by atoms with Crippen LogP contribution in [0.4, 0.5) is 4.39 Å². The van der Waals surface area contributed by atoms with Gasteiger partial charge in [0.25, 0.3) is 0 Å². The molecule has 116 valence electrons. The minimum atomic E-state index is -0.303. The number of pyridine rings is 1. The fourth-order valence-corrected chi connectivity index (χ4v) is 2.95. The molecule has 0 aromatic carbocycles. The smallest absolute Gasteiger partial charge is 0.141 e. The first-order chi connectivity index (χ1) is 10.1. The van der Waals surface area contributed by atoms with Crippen molar-refractivity contribution in [3.8, 4) is 0 Å². The van der Waals surface area contributed by atoms with E-state index in [2.05, 4.69) is 16.8 Å². The van der Waals surface area contributed by atoms with Crippen LogP contribution in [0.15, 0.2) is 18.3 Å². The van der Waals surface area contributed by atoms with Crippen molar-refractivity contribution in [2.75, 3.05) is 19.6 Å². The van der Waals surface area contributed by atoms with Crippen molar-refractivity contribution in [2.24, 2.45) is 23.5 Å². The van der Waals surface area contributed by atoms with Crippen LogP contribution in [-0.4, -0.2) is 29.5 Å². The normalized spacial score (nSPS) is 21.5. The molecule has 2 unspecified atom stereocenters. The first-order valence-electron chi connectivity index (χ1n) is 8.21. The third-order valence-corrected chi connectivity index (χ3v) is 4.68. The third kappa shape index (κ3) is 4.48. The molecule has 21 heavy (non-hydrogen) atoms. The monoisotopic (exact) mass is 291 g/mol. The molecule has 2 saturated carbocycles. The van der Waals surface area contributed by atoms with Crippen LogP contribution in [0.3, 0.4) is 0 Å². The number of aromatic nitrogens is 1. The van der Waals surface area contributed by atoms with Crippen molar-refractivity contribution in [3.05, 3.63) is 29.8 Å². The van der Waals surface area contributed by atoms with Gasteiger partial charge in [0.05, 0.1) is 17.9 Å². The molecule has 4 heteroatoms. The van der Waals surface area contributed by atoms with Gasteiger partial charge in [-0.1, -0.05) is 6.92 Å². The van der Waals surface area contributed by atoms with Gasteiger partial charge in [-0.25, -0.2) is 4.39 Å². The molecule has 2 aliphatic rings. The van der Waals surface area contributed by atoms with Crippen LogP contribution in [0.1, 0.15) is 44.3 Å². The fourth-order valence-electron chi connectivity index (χ4n) is 2.95. The molecule has 0 spiro atoms. The first kappa shape index (κ1) is 14.9. The summed E-state index contributed by atoms with van der Waals surface area (Å²) in [6, 6.07) is 3.04. The van der Waals surface area contributed by atoms with Crippen LogP contribution in [0.2, 0.25) is 0 Å². The standard InChI is InChI=1S/C17H26FN3/c1-12(17(19)16-7-6-15(18)8-20-16)9-21(10-13-2-3-13)11-14-4-5-14/h6-8,12-14,17H,2-5,9-11,19H2,1H3. The zero-order valence-corrected chi connectivity index (χ0v) is 12.8. The molecule has 0 bridgehead atoms. The van der Waals surface area contributed by atoms with E-state index in [1.165, 1.54) is 51.0 Å².